The number of ether oxygens (including phenoxy) is 3. The van der Waals surface area contributed by atoms with Crippen LogP contribution in [-0.2, 0) is 9.53 Å². The van der Waals surface area contributed by atoms with Crippen molar-refractivity contribution in [3.63, 3.8) is 0 Å². The molecule has 0 radical (unpaired) electrons. The SMILES string of the molecule is CC(Oc1ccccc1Cl)C(=O)N1CCOC(COc2ccccc2)C1. The van der Waals surface area contributed by atoms with Crippen LogP contribution >= 0.6 is 11.6 Å². The Morgan fingerprint density at radius 3 is 2.73 bits per heavy atom. The van der Waals surface area contributed by atoms with Gasteiger partial charge in [0.2, 0.25) is 0 Å². The Morgan fingerprint density at radius 1 is 1.23 bits per heavy atom. The molecule has 1 aliphatic heterocycles. The van der Waals surface area contributed by atoms with Gasteiger partial charge >= 0.3 is 0 Å². The maximum atomic E-state index is 12.7. The van der Waals surface area contributed by atoms with Crippen LogP contribution in [0.25, 0.3) is 0 Å². The smallest absolute Gasteiger partial charge is 0.263 e. The average molecular weight is 376 g/mol. The van der Waals surface area contributed by atoms with Gasteiger partial charge in [0.05, 0.1) is 18.2 Å². The van der Waals surface area contributed by atoms with Crippen LogP contribution in [0.1, 0.15) is 6.92 Å². The minimum absolute atomic E-state index is 0.0852. The summed E-state index contributed by atoms with van der Waals surface area (Å²) in [6.07, 6.45) is -0.788. The molecule has 138 valence electrons. The summed E-state index contributed by atoms with van der Waals surface area (Å²) in [5.41, 5.74) is 0. The summed E-state index contributed by atoms with van der Waals surface area (Å²) < 4.78 is 17.2. The molecule has 0 saturated carbocycles. The Kier molecular flexibility index (Phi) is 6.36. The van der Waals surface area contributed by atoms with Gasteiger partial charge in [0.15, 0.2) is 6.10 Å². The monoisotopic (exact) mass is 375 g/mol. The number of amides is 1. The lowest BCUT2D eigenvalue weighted by Crippen LogP contribution is -2.51. The van der Waals surface area contributed by atoms with Crippen LogP contribution < -0.4 is 9.47 Å². The van der Waals surface area contributed by atoms with Gasteiger partial charge < -0.3 is 19.1 Å². The quantitative estimate of drug-likeness (QED) is 0.776. The third-order valence-corrected chi connectivity index (χ3v) is 4.43. The van der Waals surface area contributed by atoms with Crippen molar-refractivity contribution in [1.29, 1.82) is 0 Å². The lowest BCUT2D eigenvalue weighted by atomic mass is 10.2. The zero-order valence-corrected chi connectivity index (χ0v) is 15.4. The van der Waals surface area contributed by atoms with Crippen molar-refractivity contribution in [2.45, 2.75) is 19.1 Å². The lowest BCUT2D eigenvalue weighted by molar-refractivity contribution is -0.146. The number of carbonyl (C=O) groups excluding carboxylic acids is 1. The van der Waals surface area contributed by atoms with E-state index < -0.39 is 6.10 Å². The number of morpholine rings is 1. The summed E-state index contributed by atoms with van der Waals surface area (Å²) in [6, 6.07) is 16.7. The van der Waals surface area contributed by atoms with Crippen molar-refractivity contribution in [2.75, 3.05) is 26.3 Å². The predicted molar refractivity (Wildman–Crippen MR) is 99.8 cm³/mol. The van der Waals surface area contributed by atoms with Crippen molar-refractivity contribution >= 4 is 17.5 Å². The standard InChI is InChI=1S/C20H22ClNO4/c1-15(26-19-10-6-5-9-18(19)21)20(23)22-11-12-24-17(13-22)14-25-16-7-3-2-4-8-16/h2-10,15,17H,11-14H2,1H3. The zero-order valence-electron chi connectivity index (χ0n) is 14.6. The molecule has 1 heterocycles. The molecule has 0 spiro atoms. The second kappa shape index (κ2) is 8.92. The number of nitrogens with zero attached hydrogens (tertiary/aromatic N) is 1. The minimum atomic E-state index is -0.622. The van der Waals surface area contributed by atoms with Crippen molar-refractivity contribution in [1.82, 2.24) is 4.90 Å². The highest BCUT2D eigenvalue weighted by atomic mass is 35.5. The van der Waals surface area contributed by atoms with E-state index in [0.29, 0.717) is 37.1 Å². The molecule has 2 unspecified atom stereocenters. The lowest BCUT2D eigenvalue weighted by Gasteiger charge is -2.34. The first-order valence-corrected chi connectivity index (χ1v) is 9.00. The molecule has 2 aromatic rings. The number of carbonyl (C=O) groups is 1. The molecule has 1 amide bonds. The van der Waals surface area contributed by atoms with Crippen molar-refractivity contribution < 1.29 is 19.0 Å². The molecule has 1 saturated heterocycles. The highest BCUT2D eigenvalue weighted by Crippen LogP contribution is 2.24. The molecule has 0 bridgehead atoms. The van der Waals surface area contributed by atoms with Crippen LogP contribution in [0.3, 0.4) is 0 Å². The van der Waals surface area contributed by atoms with Crippen LogP contribution in [0.15, 0.2) is 54.6 Å². The first-order chi connectivity index (χ1) is 12.6. The Labute approximate surface area is 158 Å². The van der Waals surface area contributed by atoms with E-state index in [1.807, 2.05) is 42.5 Å². The fourth-order valence-electron chi connectivity index (χ4n) is 2.76. The Bertz CT molecular complexity index is 725. The normalized spacial score (nSPS) is 18.2. The van der Waals surface area contributed by atoms with E-state index in [1.54, 1.807) is 24.0 Å². The zero-order chi connectivity index (χ0) is 18.4. The number of hydrogen-bond donors (Lipinski definition) is 0. The van der Waals surface area contributed by atoms with E-state index in [1.165, 1.54) is 0 Å². The van der Waals surface area contributed by atoms with Gasteiger partial charge in [-0.15, -0.1) is 0 Å². The molecule has 5 nitrogen and oxygen atoms in total. The van der Waals surface area contributed by atoms with Crippen LogP contribution in [0.4, 0.5) is 0 Å². The summed E-state index contributed by atoms with van der Waals surface area (Å²) in [7, 11) is 0. The fourth-order valence-corrected chi connectivity index (χ4v) is 2.94. The van der Waals surface area contributed by atoms with Crippen molar-refractivity contribution in [3.8, 4) is 11.5 Å². The number of benzene rings is 2. The second-order valence-corrected chi connectivity index (χ2v) is 6.50. The summed E-state index contributed by atoms with van der Waals surface area (Å²) in [6.45, 7) is 3.62. The Hall–Kier alpha value is -2.24. The maximum absolute atomic E-state index is 12.7. The van der Waals surface area contributed by atoms with E-state index in [0.717, 1.165) is 5.75 Å². The van der Waals surface area contributed by atoms with E-state index in [4.69, 9.17) is 25.8 Å². The molecule has 2 aromatic carbocycles. The number of rotatable bonds is 6. The summed E-state index contributed by atoms with van der Waals surface area (Å²) in [5.74, 6) is 1.21. The van der Waals surface area contributed by atoms with Gasteiger partial charge in [-0.1, -0.05) is 41.9 Å². The molecule has 2 atom stereocenters. The van der Waals surface area contributed by atoms with Gasteiger partial charge in [0, 0.05) is 6.54 Å². The third kappa shape index (κ3) is 4.90. The van der Waals surface area contributed by atoms with Gasteiger partial charge in [-0.2, -0.15) is 0 Å². The summed E-state index contributed by atoms with van der Waals surface area (Å²) >= 11 is 6.09. The van der Waals surface area contributed by atoms with Crippen molar-refractivity contribution in [3.05, 3.63) is 59.6 Å². The second-order valence-electron chi connectivity index (χ2n) is 6.09. The molecule has 3 rings (SSSR count). The molecular formula is C20H22ClNO4. The molecule has 0 aromatic heterocycles. The Balaban J connectivity index is 1.53. The van der Waals surface area contributed by atoms with Crippen LogP contribution in [0.2, 0.25) is 5.02 Å². The van der Waals surface area contributed by atoms with Crippen LogP contribution in [0.5, 0.6) is 11.5 Å². The minimum Gasteiger partial charge on any atom is -0.491 e. The van der Waals surface area contributed by atoms with Gasteiger partial charge in [0.25, 0.3) is 5.91 Å². The van der Waals surface area contributed by atoms with Crippen LogP contribution in [-0.4, -0.2) is 49.3 Å². The number of para-hydroxylation sites is 2. The number of halogens is 1. The predicted octanol–water partition coefficient (Wildman–Crippen LogP) is 3.41. The number of hydrogen-bond acceptors (Lipinski definition) is 4. The molecule has 0 N–H and O–H groups in total. The van der Waals surface area contributed by atoms with Crippen LogP contribution in [0, 0.1) is 0 Å². The Morgan fingerprint density at radius 2 is 1.96 bits per heavy atom. The highest BCUT2D eigenvalue weighted by molar-refractivity contribution is 6.32. The average Bonchev–Trinajstić information content (AvgIpc) is 2.68. The largest absolute Gasteiger partial charge is 0.491 e. The van der Waals surface area contributed by atoms with Gasteiger partial charge in [-0.25, -0.2) is 0 Å². The molecule has 26 heavy (non-hydrogen) atoms. The van der Waals surface area contributed by atoms with Gasteiger partial charge in [0.1, 0.15) is 24.2 Å². The van der Waals surface area contributed by atoms with Gasteiger partial charge in [-0.3, -0.25) is 4.79 Å². The summed E-state index contributed by atoms with van der Waals surface area (Å²) in [4.78, 5) is 14.4. The maximum Gasteiger partial charge on any atom is 0.263 e. The van der Waals surface area contributed by atoms with E-state index in [-0.39, 0.29) is 12.0 Å². The topological polar surface area (TPSA) is 48.0 Å². The fraction of sp³-hybridized carbons (Fsp3) is 0.350. The third-order valence-electron chi connectivity index (χ3n) is 4.12. The highest BCUT2D eigenvalue weighted by Gasteiger charge is 2.29. The van der Waals surface area contributed by atoms with Gasteiger partial charge in [-0.05, 0) is 31.2 Å². The molecule has 6 heteroatoms. The van der Waals surface area contributed by atoms with E-state index in [9.17, 15) is 4.79 Å². The molecular weight excluding hydrogens is 354 g/mol. The van der Waals surface area contributed by atoms with E-state index >= 15 is 0 Å². The molecule has 1 fully saturated rings. The first-order valence-electron chi connectivity index (χ1n) is 8.63. The molecule has 0 aliphatic carbocycles. The van der Waals surface area contributed by atoms with Crippen molar-refractivity contribution in [2.24, 2.45) is 0 Å². The first kappa shape index (κ1) is 18.5. The van der Waals surface area contributed by atoms with E-state index in [2.05, 4.69) is 0 Å². The molecule has 1 aliphatic rings. The summed E-state index contributed by atoms with van der Waals surface area (Å²) in [5, 5.41) is 0.489.